The number of ether oxygens (including phenoxy) is 1. The van der Waals surface area contributed by atoms with Gasteiger partial charge in [0.05, 0.1) is 6.33 Å². The number of rotatable bonds is 7. The van der Waals surface area contributed by atoms with Crippen LogP contribution in [-0.2, 0) is 6.54 Å². The van der Waals surface area contributed by atoms with Crippen LogP contribution < -0.4 is 15.8 Å². The molecule has 0 saturated heterocycles. The fourth-order valence-corrected chi connectivity index (χ4v) is 2.88. The van der Waals surface area contributed by atoms with E-state index in [2.05, 4.69) is 20.3 Å². The third-order valence-electron chi connectivity index (χ3n) is 4.25. The number of anilines is 2. The van der Waals surface area contributed by atoms with Gasteiger partial charge in [-0.15, -0.1) is 0 Å². The monoisotopic (exact) mass is 360 g/mol. The minimum absolute atomic E-state index is 0.346. The predicted molar refractivity (Wildman–Crippen MR) is 106 cm³/mol. The number of nitrogens with zero attached hydrogens (tertiary/aromatic N) is 4. The first-order chi connectivity index (χ1) is 13.3. The van der Waals surface area contributed by atoms with Gasteiger partial charge in [0.15, 0.2) is 5.82 Å². The highest BCUT2D eigenvalue weighted by Gasteiger charge is 2.11. The molecule has 136 valence electrons. The van der Waals surface area contributed by atoms with Gasteiger partial charge in [-0.25, -0.2) is 9.97 Å². The van der Waals surface area contributed by atoms with Gasteiger partial charge >= 0.3 is 0 Å². The fourth-order valence-electron chi connectivity index (χ4n) is 2.88. The summed E-state index contributed by atoms with van der Waals surface area (Å²) in [7, 11) is 0. The molecule has 27 heavy (non-hydrogen) atoms. The van der Waals surface area contributed by atoms with Crippen molar-refractivity contribution in [3.63, 3.8) is 0 Å². The normalized spacial score (nSPS) is 10.8. The van der Waals surface area contributed by atoms with Gasteiger partial charge in [0.1, 0.15) is 17.8 Å². The van der Waals surface area contributed by atoms with Crippen molar-refractivity contribution >= 4 is 22.3 Å². The van der Waals surface area contributed by atoms with Crippen LogP contribution in [0.15, 0.2) is 67.5 Å². The lowest BCUT2D eigenvalue weighted by Crippen LogP contribution is -2.10. The van der Waals surface area contributed by atoms with Crippen LogP contribution in [0, 0.1) is 0 Å². The second kappa shape index (κ2) is 7.74. The van der Waals surface area contributed by atoms with Crippen molar-refractivity contribution in [1.29, 1.82) is 0 Å². The van der Waals surface area contributed by atoms with Gasteiger partial charge in [-0.3, -0.25) is 0 Å². The minimum Gasteiger partial charge on any atom is -0.436 e. The van der Waals surface area contributed by atoms with Crippen LogP contribution in [0.25, 0.3) is 10.8 Å². The summed E-state index contributed by atoms with van der Waals surface area (Å²) in [5.74, 6) is 1.63. The Morgan fingerprint density at radius 3 is 2.85 bits per heavy atom. The summed E-state index contributed by atoms with van der Waals surface area (Å²) >= 11 is 0. The summed E-state index contributed by atoms with van der Waals surface area (Å²) in [6, 6.07) is 13.9. The van der Waals surface area contributed by atoms with Crippen molar-refractivity contribution < 1.29 is 4.74 Å². The van der Waals surface area contributed by atoms with Crippen LogP contribution in [0.5, 0.6) is 11.6 Å². The quantitative estimate of drug-likeness (QED) is 0.488. The Morgan fingerprint density at radius 1 is 1.07 bits per heavy atom. The molecule has 0 amide bonds. The molecule has 0 spiro atoms. The Kier molecular flexibility index (Phi) is 4.82. The number of aromatic nitrogens is 4. The fraction of sp³-hybridized carbons (Fsp3) is 0.150. The lowest BCUT2D eigenvalue weighted by Gasteiger charge is -2.13. The van der Waals surface area contributed by atoms with Gasteiger partial charge < -0.3 is 20.4 Å². The van der Waals surface area contributed by atoms with Gasteiger partial charge in [0.25, 0.3) is 0 Å². The van der Waals surface area contributed by atoms with E-state index in [1.165, 1.54) is 6.33 Å². The maximum absolute atomic E-state index is 6.22. The van der Waals surface area contributed by atoms with Crippen molar-refractivity contribution in [2.45, 2.75) is 13.0 Å². The molecule has 7 nitrogen and oxygen atoms in total. The summed E-state index contributed by atoms with van der Waals surface area (Å²) in [5, 5.41) is 5.35. The number of benzene rings is 2. The Hall–Kier alpha value is -3.61. The van der Waals surface area contributed by atoms with Crippen molar-refractivity contribution in [2.75, 3.05) is 17.6 Å². The molecule has 2 heterocycles. The molecule has 0 radical (unpaired) electrons. The zero-order valence-electron chi connectivity index (χ0n) is 14.7. The lowest BCUT2D eigenvalue weighted by atomic mass is 10.1. The second-order valence-electron chi connectivity index (χ2n) is 6.10. The number of aryl methyl sites for hydroxylation is 1. The molecule has 0 saturated carbocycles. The summed E-state index contributed by atoms with van der Waals surface area (Å²) in [6.45, 7) is 1.60. The maximum Gasteiger partial charge on any atom is 0.248 e. The first-order valence-corrected chi connectivity index (χ1v) is 8.77. The smallest absolute Gasteiger partial charge is 0.248 e. The summed E-state index contributed by atoms with van der Waals surface area (Å²) in [5.41, 5.74) is 6.62. The van der Waals surface area contributed by atoms with E-state index in [1.807, 2.05) is 53.2 Å². The van der Waals surface area contributed by atoms with Crippen LogP contribution in [0.3, 0.4) is 0 Å². The minimum atomic E-state index is 0.346. The van der Waals surface area contributed by atoms with E-state index < -0.39 is 0 Å². The van der Waals surface area contributed by atoms with Gasteiger partial charge in [-0.1, -0.05) is 36.4 Å². The highest BCUT2D eigenvalue weighted by Crippen LogP contribution is 2.33. The average Bonchev–Trinajstić information content (AvgIpc) is 3.22. The van der Waals surface area contributed by atoms with Crippen LogP contribution in [-0.4, -0.2) is 26.1 Å². The lowest BCUT2D eigenvalue weighted by molar-refractivity contribution is 0.470. The Bertz CT molecular complexity index is 1030. The predicted octanol–water partition coefficient (Wildman–Crippen LogP) is 3.70. The maximum atomic E-state index is 6.22. The van der Waals surface area contributed by atoms with Crippen LogP contribution in [0.4, 0.5) is 11.5 Å². The molecule has 0 aliphatic rings. The van der Waals surface area contributed by atoms with E-state index in [1.54, 1.807) is 12.5 Å². The van der Waals surface area contributed by atoms with Crippen LogP contribution in [0.1, 0.15) is 6.42 Å². The number of fused-ring (bicyclic) bond motifs is 1. The molecule has 0 unspecified atom stereocenters. The zero-order chi connectivity index (χ0) is 18.5. The number of hydrogen-bond donors (Lipinski definition) is 2. The average molecular weight is 360 g/mol. The Balaban J connectivity index is 1.46. The van der Waals surface area contributed by atoms with E-state index in [9.17, 15) is 0 Å². The third kappa shape index (κ3) is 3.82. The van der Waals surface area contributed by atoms with E-state index in [0.29, 0.717) is 23.1 Å². The molecule has 7 heteroatoms. The molecule has 0 fully saturated rings. The highest BCUT2D eigenvalue weighted by molar-refractivity contribution is 5.88. The molecule has 0 aliphatic carbocycles. The van der Waals surface area contributed by atoms with Crippen molar-refractivity contribution in [3.8, 4) is 11.6 Å². The standard InChI is InChI=1S/C20H20N6O/c21-18-19(23-9-4-11-26-12-10-22-14-26)24-13-25-20(18)27-17-8-3-6-15-5-1-2-7-16(15)17/h1-3,5-8,10,12-14H,4,9,11,21H2,(H,23,24,25). The summed E-state index contributed by atoms with van der Waals surface area (Å²) in [4.78, 5) is 12.5. The molecule has 2 aromatic heterocycles. The first kappa shape index (κ1) is 16.8. The molecule has 4 rings (SSSR count). The SMILES string of the molecule is Nc1c(NCCCn2ccnc2)ncnc1Oc1cccc2ccccc12. The van der Waals surface area contributed by atoms with Crippen LogP contribution in [0.2, 0.25) is 0 Å². The van der Waals surface area contributed by atoms with E-state index in [0.717, 1.165) is 30.3 Å². The highest BCUT2D eigenvalue weighted by atomic mass is 16.5. The number of imidazole rings is 1. The molecule has 0 aliphatic heterocycles. The summed E-state index contributed by atoms with van der Waals surface area (Å²) < 4.78 is 8.03. The first-order valence-electron chi connectivity index (χ1n) is 8.77. The number of hydrogen-bond acceptors (Lipinski definition) is 6. The molecular weight excluding hydrogens is 340 g/mol. The van der Waals surface area contributed by atoms with Crippen molar-refractivity contribution in [2.24, 2.45) is 0 Å². The van der Waals surface area contributed by atoms with E-state index in [-0.39, 0.29) is 0 Å². The Labute approximate surface area is 156 Å². The molecule has 2 aromatic carbocycles. The van der Waals surface area contributed by atoms with E-state index >= 15 is 0 Å². The molecule has 4 aromatic rings. The largest absolute Gasteiger partial charge is 0.436 e. The van der Waals surface area contributed by atoms with Crippen molar-refractivity contribution in [3.05, 3.63) is 67.5 Å². The summed E-state index contributed by atoms with van der Waals surface area (Å²) in [6.07, 6.45) is 7.88. The number of nitrogens with one attached hydrogen (secondary N) is 1. The third-order valence-corrected chi connectivity index (χ3v) is 4.25. The Morgan fingerprint density at radius 2 is 1.96 bits per heavy atom. The van der Waals surface area contributed by atoms with E-state index in [4.69, 9.17) is 10.5 Å². The number of nitrogens with two attached hydrogens (primary N) is 1. The zero-order valence-corrected chi connectivity index (χ0v) is 14.7. The van der Waals surface area contributed by atoms with Gasteiger partial charge in [0.2, 0.25) is 5.88 Å². The topological polar surface area (TPSA) is 90.9 Å². The second-order valence-corrected chi connectivity index (χ2v) is 6.10. The molecule has 3 N–H and O–H groups in total. The van der Waals surface area contributed by atoms with Gasteiger partial charge in [-0.05, 0) is 17.9 Å². The number of nitrogen functional groups attached to an aromatic ring is 1. The molecular formula is C20H20N6O. The van der Waals surface area contributed by atoms with Gasteiger partial charge in [-0.2, -0.15) is 4.98 Å². The van der Waals surface area contributed by atoms with Crippen molar-refractivity contribution in [1.82, 2.24) is 19.5 Å². The molecule has 0 bridgehead atoms. The van der Waals surface area contributed by atoms with Gasteiger partial charge in [0, 0.05) is 30.9 Å². The van der Waals surface area contributed by atoms with Crippen LogP contribution >= 0.6 is 0 Å². The molecule has 0 atom stereocenters.